The lowest BCUT2D eigenvalue weighted by molar-refractivity contribution is -0.117. The van der Waals surface area contributed by atoms with Gasteiger partial charge in [-0.3, -0.25) is 4.79 Å². The molecule has 0 aromatic heterocycles. The van der Waals surface area contributed by atoms with Crippen molar-refractivity contribution < 1.29 is 4.79 Å². The fourth-order valence-corrected chi connectivity index (χ4v) is 1.44. The smallest absolute Gasteiger partial charge is 0.231 e. The maximum atomic E-state index is 10.5. The molecule has 1 heterocycles. The van der Waals surface area contributed by atoms with E-state index in [-0.39, 0.29) is 18.3 Å². The van der Waals surface area contributed by atoms with Crippen LogP contribution in [0.4, 0.5) is 0 Å². The number of carbonyl (C=O) groups is 1. The molecule has 0 aromatic carbocycles. The van der Waals surface area contributed by atoms with Gasteiger partial charge in [-0.1, -0.05) is 6.42 Å². The minimum atomic E-state index is -0.278. The largest absolute Gasteiger partial charge is 0.369 e. The summed E-state index contributed by atoms with van der Waals surface area (Å²) in [6.45, 7) is 2.34. The molecule has 4 nitrogen and oxygen atoms in total. The highest BCUT2D eigenvalue weighted by atomic mass is 35.5. The van der Waals surface area contributed by atoms with Crippen LogP contribution < -0.4 is 16.4 Å². The molecule has 1 amide bonds. The van der Waals surface area contributed by atoms with Gasteiger partial charge in [0.15, 0.2) is 0 Å². The van der Waals surface area contributed by atoms with Crippen molar-refractivity contribution in [2.75, 3.05) is 19.6 Å². The molecule has 0 unspecified atom stereocenters. The van der Waals surface area contributed by atoms with Crippen molar-refractivity contribution in [1.29, 1.82) is 0 Å². The van der Waals surface area contributed by atoms with Gasteiger partial charge in [0.05, 0.1) is 6.54 Å². The molecule has 0 saturated carbocycles. The minimum Gasteiger partial charge on any atom is -0.369 e. The number of nitrogens with one attached hydrogen (secondary N) is 2. The van der Waals surface area contributed by atoms with E-state index in [1.807, 2.05) is 0 Å². The van der Waals surface area contributed by atoms with Gasteiger partial charge in [-0.05, 0) is 19.4 Å². The second-order valence-electron chi connectivity index (χ2n) is 3.24. The zero-order valence-electron chi connectivity index (χ0n) is 7.71. The Morgan fingerprint density at radius 3 is 3.00 bits per heavy atom. The highest BCUT2D eigenvalue weighted by Crippen LogP contribution is 2.03. The molecule has 1 aliphatic rings. The van der Waals surface area contributed by atoms with E-state index in [1.165, 1.54) is 12.8 Å². The lowest BCUT2D eigenvalue weighted by Gasteiger charge is -2.14. The molecular formula is C8H18ClN3O. The maximum Gasteiger partial charge on any atom is 0.231 e. The van der Waals surface area contributed by atoms with Crippen LogP contribution in [0, 0.1) is 0 Å². The first-order valence-corrected chi connectivity index (χ1v) is 4.51. The zero-order chi connectivity index (χ0) is 8.81. The van der Waals surface area contributed by atoms with E-state index in [4.69, 9.17) is 5.73 Å². The maximum absolute atomic E-state index is 10.5. The van der Waals surface area contributed by atoms with Gasteiger partial charge in [0.1, 0.15) is 0 Å². The summed E-state index contributed by atoms with van der Waals surface area (Å²) in [5.74, 6) is -0.278. The molecule has 0 radical (unpaired) electrons. The Bertz CT molecular complexity index is 146. The molecule has 13 heavy (non-hydrogen) atoms. The van der Waals surface area contributed by atoms with Crippen LogP contribution in [0.3, 0.4) is 0 Å². The Morgan fingerprint density at radius 2 is 2.31 bits per heavy atom. The van der Waals surface area contributed by atoms with Crippen molar-refractivity contribution in [2.45, 2.75) is 25.3 Å². The van der Waals surface area contributed by atoms with Gasteiger partial charge >= 0.3 is 0 Å². The molecule has 5 heteroatoms. The average Bonchev–Trinajstić information content (AvgIpc) is 2.28. The van der Waals surface area contributed by atoms with Crippen LogP contribution in [-0.4, -0.2) is 31.6 Å². The standard InChI is InChI=1S/C8H17N3O.ClH/c9-8(12)6-11-7-3-1-2-4-10-5-7;/h7,10-11H,1-6H2,(H2,9,12);1H/t7-;/m0./s1. The summed E-state index contributed by atoms with van der Waals surface area (Å²) in [6.07, 6.45) is 3.60. The Morgan fingerprint density at radius 1 is 1.54 bits per heavy atom. The highest BCUT2D eigenvalue weighted by molar-refractivity contribution is 5.85. The fraction of sp³-hybridized carbons (Fsp3) is 0.875. The molecule has 0 aliphatic carbocycles. The number of halogens is 1. The molecule has 4 N–H and O–H groups in total. The monoisotopic (exact) mass is 207 g/mol. The van der Waals surface area contributed by atoms with Crippen molar-refractivity contribution >= 4 is 18.3 Å². The highest BCUT2D eigenvalue weighted by Gasteiger charge is 2.10. The van der Waals surface area contributed by atoms with E-state index in [0.717, 1.165) is 19.5 Å². The fourth-order valence-electron chi connectivity index (χ4n) is 1.44. The molecule has 0 bridgehead atoms. The van der Waals surface area contributed by atoms with Crippen molar-refractivity contribution in [3.05, 3.63) is 0 Å². The first-order valence-electron chi connectivity index (χ1n) is 4.51. The first-order chi connectivity index (χ1) is 5.79. The van der Waals surface area contributed by atoms with E-state index in [9.17, 15) is 4.79 Å². The topological polar surface area (TPSA) is 67.2 Å². The molecule has 1 atom stereocenters. The normalized spacial score (nSPS) is 22.9. The lowest BCUT2D eigenvalue weighted by Crippen LogP contribution is -2.41. The molecule has 0 aromatic rings. The van der Waals surface area contributed by atoms with Crippen LogP contribution in [0.25, 0.3) is 0 Å². The van der Waals surface area contributed by atoms with Crippen LogP contribution in [0.15, 0.2) is 0 Å². The van der Waals surface area contributed by atoms with Crippen molar-refractivity contribution in [1.82, 2.24) is 10.6 Å². The Hall–Kier alpha value is -0.320. The van der Waals surface area contributed by atoms with E-state index in [0.29, 0.717) is 12.6 Å². The summed E-state index contributed by atoms with van der Waals surface area (Å²) in [6, 6.07) is 0.417. The molecular weight excluding hydrogens is 190 g/mol. The predicted molar refractivity (Wildman–Crippen MR) is 55.0 cm³/mol. The Kier molecular flexibility index (Phi) is 6.94. The first kappa shape index (κ1) is 12.7. The van der Waals surface area contributed by atoms with E-state index < -0.39 is 0 Å². The zero-order valence-corrected chi connectivity index (χ0v) is 8.53. The second kappa shape index (κ2) is 7.12. The summed E-state index contributed by atoms with van der Waals surface area (Å²) >= 11 is 0. The van der Waals surface area contributed by atoms with Crippen LogP contribution >= 0.6 is 12.4 Å². The lowest BCUT2D eigenvalue weighted by atomic mass is 10.1. The number of hydrogen-bond acceptors (Lipinski definition) is 3. The average molecular weight is 208 g/mol. The van der Waals surface area contributed by atoms with Crippen molar-refractivity contribution in [3.63, 3.8) is 0 Å². The Labute approximate surface area is 85.0 Å². The summed E-state index contributed by atoms with van der Waals surface area (Å²) in [5.41, 5.74) is 5.03. The third-order valence-corrected chi connectivity index (χ3v) is 2.11. The third-order valence-electron chi connectivity index (χ3n) is 2.11. The molecule has 1 aliphatic heterocycles. The van der Waals surface area contributed by atoms with Gasteiger partial charge < -0.3 is 16.4 Å². The van der Waals surface area contributed by atoms with Gasteiger partial charge in [0, 0.05) is 12.6 Å². The molecule has 1 fully saturated rings. The van der Waals surface area contributed by atoms with Crippen molar-refractivity contribution in [3.8, 4) is 0 Å². The van der Waals surface area contributed by atoms with Crippen LogP contribution in [0.2, 0.25) is 0 Å². The van der Waals surface area contributed by atoms with Gasteiger partial charge in [-0.2, -0.15) is 0 Å². The number of rotatable bonds is 3. The number of nitrogens with two attached hydrogens (primary N) is 1. The van der Waals surface area contributed by atoms with E-state index >= 15 is 0 Å². The Balaban J connectivity index is 0.00000144. The van der Waals surface area contributed by atoms with Crippen molar-refractivity contribution in [2.24, 2.45) is 5.73 Å². The number of primary amides is 1. The van der Waals surface area contributed by atoms with E-state index in [1.54, 1.807) is 0 Å². The van der Waals surface area contributed by atoms with Crippen LogP contribution in [-0.2, 0) is 4.79 Å². The number of hydrogen-bond donors (Lipinski definition) is 3. The number of carbonyl (C=O) groups excluding carboxylic acids is 1. The number of amides is 1. The summed E-state index contributed by atoms with van der Waals surface area (Å²) in [7, 11) is 0. The summed E-state index contributed by atoms with van der Waals surface area (Å²) < 4.78 is 0. The summed E-state index contributed by atoms with van der Waals surface area (Å²) in [5, 5.41) is 6.43. The molecule has 78 valence electrons. The molecule has 1 saturated heterocycles. The van der Waals surface area contributed by atoms with E-state index in [2.05, 4.69) is 10.6 Å². The van der Waals surface area contributed by atoms with Gasteiger partial charge in [-0.15, -0.1) is 12.4 Å². The predicted octanol–water partition coefficient (Wildman–Crippen LogP) is -0.375. The van der Waals surface area contributed by atoms with Gasteiger partial charge in [0.2, 0.25) is 5.91 Å². The van der Waals surface area contributed by atoms with Crippen LogP contribution in [0.5, 0.6) is 0 Å². The van der Waals surface area contributed by atoms with Gasteiger partial charge in [-0.25, -0.2) is 0 Å². The SMILES string of the molecule is Cl.NC(=O)CN[C@H]1CCCCNC1. The van der Waals surface area contributed by atoms with Crippen LogP contribution in [0.1, 0.15) is 19.3 Å². The molecule has 0 spiro atoms. The summed E-state index contributed by atoms with van der Waals surface area (Å²) in [4.78, 5) is 10.5. The third kappa shape index (κ3) is 5.85. The van der Waals surface area contributed by atoms with Gasteiger partial charge in [0.25, 0.3) is 0 Å². The second-order valence-corrected chi connectivity index (χ2v) is 3.24. The minimum absolute atomic E-state index is 0. The quantitative estimate of drug-likeness (QED) is 0.592. The molecule has 1 rings (SSSR count).